The number of hydrogen-bond donors (Lipinski definition) is 1. The molecule has 0 bridgehead atoms. The summed E-state index contributed by atoms with van der Waals surface area (Å²) >= 11 is 0. The lowest BCUT2D eigenvalue weighted by molar-refractivity contribution is -0.239. The average molecular weight is 576 g/mol. The molecule has 206 valence electrons. The molecule has 3 rings (SSSR count). The second-order valence-corrected chi connectivity index (χ2v) is 12.9. The zero-order valence-electron chi connectivity index (χ0n) is 21.6. The van der Waals surface area contributed by atoms with E-state index in [4.69, 9.17) is 4.55 Å². The highest BCUT2D eigenvalue weighted by atomic mass is 32.2. The van der Waals surface area contributed by atoms with Crippen LogP contribution in [0.4, 0.5) is 22.0 Å². The Bertz CT molecular complexity index is 1350. The molecule has 11 heteroatoms. The molecule has 0 spiro atoms. The normalized spacial score (nSPS) is 13.6. The van der Waals surface area contributed by atoms with E-state index in [1.807, 2.05) is 64.1 Å². The largest absolute Gasteiger partial charge is 0.473 e. The molecule has 0 saturated heterocycles. The molecule has 0 amide bonds. The molecule has 1 unspecified atom stereocenters. The molecule has 0 aromatic heterocycles. The molecule has 38 heavy (non-hydrogen) atoms. The van der Waals surface area contributed by atoms with Crippen molar-refractivity contribution in [2.24, 2.45) is 0 Å². The fraction of sp³-hybridized carbons (Fsp3) is 0.333. The standard InChI is InChI=1S/C27H27F5O4S2/c1-15-7-16(2)10-21(9-15)37(22-11-17(3)8-18(4)12-22)23-13-19(5)24(20(6)14-23)36-25(26(28,29)30)27(31,32)38(33,34)35/h7-14,25H,1-6H3/p+1. The van der Waals surface area contributed by atoms with Crippen molar-refractivity contribution in [3.63, 3.8) is 0 Å². The Labute approximate surface area is 221 Å². The molecule has 0 radical (unpaired) electrons. The maximum absolute atomic E-state index is 14.2. The highest BCUT2D eigenvalue weighted by molar-refractivity contribution is 7.97. The van der Waals surface area contributed by atoms with Gasteiger partial charge in [0.25, 0.3) is 6.10 Å². The number of halogens is 5. The molecule has 1 N–H and O–H groups in total. The highest BCUT2D eigenvalue weighted by Crippen LogP contribution is 2.42. The van der Waals surface area contributed by atoms with Gasteiger partial charge in [0.1, 0.15) is 5.75 Å². The number of aryl methyl sites for hydroxylation is 6. The molecule has 0 saturated carbocycles. The van der Waals surface area contributed by atoms with Crippen LogP contribution in [0.25, 0.3) is 0 Å². The van der Waals surface area contributed by atoms with Gasteiger partial charge in [0.2, 0.25) is 0 Å². The van der Waals surface area contributed by atoms with Crippen LogP contribution in [0.1, 0.15) is 33.4 Å². The minimum absolute atomic E-state index is 0.103. The minimum atomic E-state index is -6.42. The van der Waals surface area contributed by atoms with Crippen LogP contribution in [0, 0.1) is 41.5 Å². The third-order valence-corrected chi connectivity index (χ3v) is 8.74. The Kier molecular flexibility index (Phi) is 8.27. The SMILES string of the molecule is Cc1cc(C)cc([S+](c2cc(C)cc(C)c2)c2cc(C)c(OC(C(F)(F)F)C(F)(F)S(=O)(=O)O)c(C)c2)c1. The van der Waals surface area contributed by atoms with Crippen LogP contribution in [0.2, 0.25) is 0 Å². The van der Waals surface area contributed by atoms with E-state index in [9.17, 15) is 30.4 Å². The Morgan fingerprint density at radius 2 is 1.03 bits per heavy atom. The molecule has 0 aliphatic heterocycles. The van der Waals surface area contributed by atoms with Crippen molar-refractivity contribution in [2.45, 2.75) is 73.8 Å². The summed E-state index contributed by atoms with van der Waals surface area (Å²) in [6.07, 6.45) is -9.90. The predicted molar refractivity (Wildman–Crippen MR) is 137 cm³/mol. The van der Waals surface area contributed by atoms with Gasteiger partial charge in [-0.1, -0.05) is 12.1 Å². The first-order chi connectivity index (χ1) is 17.3. The van der Waals surface area contributed by atoms with Gasteiger partial charge in [0.05, 0.1) is 10.9 Å². The second kappa shape index (κ2) is 10.5. The maximum atomic E-state index is 14.2. The van der Waals surface area contributed by atoms with Gasteiger partial charge in [-0.2, -0.15) is 30.4 Å². The molecule has 0 fully saturated rings. The van der Waals surface area contributed by atoms with Gasteiger partial charge in [0.15, 0.2) is 14.7 Å². The van der Waals surface area contributed by atoms with Crippen LogP contribution in [0.5, 0.6) is 5.75 Å². The summed E-state index contributed by atoms with van der Waals surface area (Å²) in [6.45, 7) is 10.6. The first kappa shape index (κ1) is 29.9. The van der Waals surface area contributed by atoms with E-state index in [0.717, 1.165) is 32.0 Å². The van der Waals surface area contributed by atoms with Crippen molar-refractivity contribution in [1.82, 2.24) is 0 Å². The first-order valence-corrected chi connectivity index (χ1v) is 14.1. The van der Waals surface area contributed by atoms with Crippen LogP contribution in [0.15, 0.2) is 63.2 Å². The van der Waals surface area contributed by atoms with E-state index >= 15 is 0 Å². The smallest absolute Gasteiger partial charge is 0.432 e. The summed E-state index contributed by atoms with van der Waals surface area (Å²) in [4.78, 5) is 2.64. The van der Waals surface area contributed by atoms with Crippen molar-refractivity contribution < 1.29 is 39.7 Å². The Morgan fingerprint density at radius 1 is 0.684 bits per heavy atom. The van der Waals surface area contributed by atoms with Crippen molar-refractivity contribution in [1.29, 1.82) is 0 Å². The monoisotopic (exact) mass is 575 g/mol. The van der Waals surface area contributed by atoms with E-state index in [-0.39, 0.29) is 11.1 Å². The van der Waals surface area contributed by atoms with Gasteiger partial charge >= 0.3 is 21.5 Å². The van der Waals surface area contributed by atoms with Gasteiger partial charge in [0, 0.05) is 12.1 Å². The number of benzene rings is 3. The van der Waals surface area contributed by atoms with E-state index in [0.29, 0.717) is 4.90 Å². The third kappa shape index (κ3) is 6.32. The fourth-order valence-corrected chi connectivity index (χ4v) is 7.38. The number of alkyl halides is 5. The summed E-state index contributed by atoms with van der Waals surface area (Å²) in [5.74, 6) is -0.538. The molecule has 3 aromatic carbocycles. The Morgan fingerprint density at radius 3 is 1.34 bits per heavy atom. The third-order valence-electron chi connectivity index (χ3n) is 5.71. The number of ether oxygens (including phenoxy) is 1. The molecule has 0 aliphatic carbocycles. The molecular weight excluding hydrogens is 547 g/mol. The van der Waals surface area contributed by atoms with E-state index < -0.39 is 44.3 Å². The molecule has 3 aromatic rings. The van der Waals surface area contributed by atoms with Crippen molar-refractivity contribution in [2.75, 3.05) is 0 Å². The first-order valence-electron chi connectivity index (χ1n) is 11.4. The number of rotatable bonds is 7. The highest BCUT2D eigenvalue weighted by Gasteiger charge is 2.65. The lowest BCUT2D eigenvalue weighted by atomic mass is 10.1. The lowest BCUT2D eigenvalue weighted by Gasteiger charge is -2.28. The van der Waals surface area contributed by atoms with Gasteiger partial charge in [-0.25, -0.2) is 0 Å². The van der Waals surface area contributed by atoms with Crippen LogP contribution in [-0.4, -0.2) is 30.5 Å². The fourth-order valence-electron chi connectivity index (χ4n) is 4.30. The van der Waals surface area contributed by atoms with Crippen LogP contribution in [-0.2, 0) is 21.0 Å². The van der Waals surface area contributed by atoms with Crippen LogP contribution >= 0.6 is 0 Å². The van der Waals surface area contributed by atoms with Gasteiger partial charge in [-0.3, -0.25) is 4.55 Å². The van der Waals surface area contributed by atoms with Gasteiger partial charge < -0.3 is 4.74 Å². The molecule has 4 nitrogen and oxygen atoms in total. The summed E-state index contributed by atoms with van der Waals surface area (Å²) < 4.78 is 105. The van der Waals surface area contributed by atoms with Crippen molar-refractivity contribution in [3.8, 4) is 5.75 Å². The van der Waals surface area contributed by atoms with E-state index in [1.54, 1.807) is 12.1 Å². The Balaban J connectivity index is 2.20. The zero-order chi connectivity index (χ0) is 28.8. The van der Waals surface area contributed by atoms with Crippen molar-refractivity contribution >= 4 is 21.0 Å². The van der Waals surface area contributed by atoms with Gasteiger partial charge in [-0.05, 0) is 99.2 Å². The van der Waals surface area contributed by atoms with E-state index in [1.165, 1.54) is 13.8 Å². The predicted octanol–water partition coefficient (Wildman–Crippen LogP) is 7.42. The lowest BCUT2D eigenvalue weighted by Crippen LogP contribution is -2.53. The van der Waals surface area contributed by atoms with E-state index in [2.05, 4.69) is 4.74 Å². The minimum Gasteiger partial charge on any atom is -0.473 e. The summed E-state index contributed by atoms with van der Waals surface area (Å²) in [6, 6.07) is 15.2. The average Bonchev–Trinajstić information content (AvgIpc) is 2.70. The van der Waals surface area contributed by atoms with Crippen molar-refractivity contribution in [3.05, 3.63) is 81.9 Å². The number of hydrogen-bond acceptors (Lipinski definition) is 3. The summed E-state index contributed by atoms with van der Waals surface area (Å²) in [5, 5.41) is -5.62. The van der Waals surface area contributed by atoms with Gasteiger partial charge in [-0.15, -0.1) is 0 Å². The molecule has 0 aliphatic rings. The molecule has 1 atom stereocenters. The quantitative estimate of drug-likeness (QED) is 0.181. The van der Waals surface area contributed by atoms with Crippen LogP contribution in [0.3, 0.4) is 0 Å². The molecular formula is C27H28F5O4S2+. The topological polar surface area (TPSA) is 63.6 Å². The van der Waals surface area contributed by atoms with Crippen LogP contribution < -0.4 is 4.74 Å². The zero-order valence-corrected chi connectivity index (χ0v) is 23.2. The second-order valence-electron chi connectivity index (χ2n) is 9.42. The molecule has 0 heterocycles. The maximum Gasteiger partial charge on any atom is 0.432 e. The summed E-state index contributed by atoms with van der Waals surface area (Å²) in [5.41, 5.74) is 4.30. The summed E-state index contributed by atoms with van der Waals surface area (Å²) in [7, 11) is -7.12. The Hall–Kier alpha value is -2.63.